The number of fused-ring (bicyclic) bond motifs is 1. The second-order valence-electron chi connectivity index (χ2n) is 6.42. The van der Waals surface area contributed by atoms with E-state index in [-0.39, 0.29) is 0 Å². The normalized spacial score (nSPS) is 14.9. The van der Waals surface area contributed by atoms with E-state index in [2.05, 4.69) is 88.9 Å². The van der Waals surface area contributed by atoms with Crippen LogP contribution in [0.25, 0.3) is 22.3 Å². The molecule has 3 nitrogen and oxygen atoms in total. The number of allylic oxidation sites excluding steroid dienone is 6. The first kappa shape index (κ1) is 17.1. The van der Waals surface area contributed by atoms with Crippen molar-refractivity contribution in [3.8, 4) is 0 Å². The van der Waals surface area contributed by atoms with Gasteiger partial charge in [0.05, 0.1) is 5.69 Å². The van der Waals surface area contributed by atoms with E-state index in [1.54, 1.807) is 12.4 Å². The summed E-state index contributed by atoms with van der Waals surface area (Å²) >= 11 is 2.37. The maximum atomic E-state index is 4.76. The van der Waals surface area contributed by atoms with Crippen molar-refractivity contribution in [1.82, 2.24) is 15.0 Å². The Balaban J connectivity index is 1.85. The SMILES string of the molecule is C/C(=C(\C=C/C1C=C1)c1ccc2nccnc2n1)c1ccc(I)c(C)c1. The molecule has 128 valence electrons. The molecule has 0 saturated carbocycles. The third kappa shape index (κ3) is 3.60. The molecule has 1 aliphatic carbocycles. The summed E-state index contributed by atoms with van der Waals surface area (Å²) < 4.78 is 1.28. The summed E-state index contributed by atoms with van der Waals surface area (Å²) in [5.41, 5.74) is 7.23. The van der Waals surface area contributed by atoms with Crippen molar-refractivity contribution in [1.29, 1.82) is 0 Å². The van der Waals surface area contributed by atoms with Gasteiger partial charge in [-0.2, -0.15) is 0 Å². The molecular weight excluding hydrogens is 433 g/mol. The van der Waals surface area contributed by atoms with Crippen LogP contribution in [-0.2, 0) is 0 Å². The van der Waals surface area contributed by atoms with E-state index in [0.29, 0.717) is 11.6 Å². The molecular formula is C22H18IN3. The van der Waals surface area contributed by atoms with E-state index in [1.807, 2.05) is 12.1 Å². The Hall–Kier alpha value is -2.34. The highest BCUT2D eigenvalue weighted by Gasteiger charge is 2.12. The van der Waals surface area contributed by atoms with Gasteiger partial charge in [-0.1, -0.05) is 36.4 Å². The zero-order chi connectivity index (χ0) is 18.1. The Morgan fingerprint density at radius 1 is 1.08 bits per heavy atom. The van der Waals surface area contributed by atoms with E-state index in [0.717, 1.165) is 16.8 Å². The van der Waals surface area contributed by atoms with Crippen LogP contribution in [0.2, 0.25) is 0 Å². The number of pyridine rings is 1. The minimum Gasteiger partial charge on any atom is -0.251 e. The average Bonchev–Trinajstić information content (AvgIpc) is 3.48. The first-order chi connectivity index (χ1) is 12.6. The first-order valence-corrected chi connectivity index (χ1v) is 9.62. The second-order valence-corrected chi connectivity index (χ2v) is 7.58. The minimum atomic E-state index is 0.469. The second kappa shape index (κ2) is 7.11. The van der Waals surface area contributed by atoms with Gasteiger partial charge in [0.1, 0.15) is 5.52 Å². The summed E-state index contributed by atoms with van der Waals surface area (Å²) in [6, 6.07) is 10.6. The molecule has 0 spiro atoms. The summed E-state index contributed by atoms with van der Waals surface area (Å²) in [7, 11) is 0. The lowest BCUT2D eigenvalue weighted by atomic mass is 9.96. The molecule has 26 heavy (non-hydrogen) atoms. The number of hydrogen-bond donors (Lipinski definition) is 0. The summed E-state index contributed by atoms with van der Waals surface area (Å²) in [4.78, 5) is 13.4. The molecule has 2 heterocycles. The van der Waals surface area contributed by atoms with Gasteiger partial charge >= 0.3 is 0 Å². The van der Waals surface area contributed by atoms with Crippen molar-refractivity contribution in [3.05, 3.63) is 87.4 Å². The summed E-state index contributed by atoms with van der Waals surface area (Å²) in [6.45, 7) is 4.30. The first-order valence-electron chi connectivity index (χ1n) is 8.54. The van der Waals surface area contributed by atoms with E-state index in [9.17, 15) is 0 Å². The van der Waals surface area contributed by atoms with Crippen molar-refractivity contribution in [3.63, 3.8) is 0 Å². The predicted octanol–water partition coefficient (Wildman–Crippen LogP) is 5.61. The molecule has 0 N–H and O–H groups in total. The Bertz CT molecular complexity index is 1070. The monoisotopic (exact) mass is 451 g/mol. The van der Waals surface area contributed by atoms with Crippen LogP contribution in [-0.4, -0.2) is 15.0 Å². The van der Waals surface area contributed by atoms with Crippen molar-refractivity contribution in [2.75, 3.05) is 0 Å². The number of benzene rings is 1. The van der Waals surface area contributed by atoms with E-state index in [4.69, 9.17) is 4.98 Å². The Kier molecular flexibility index (Phi) is 4.68. The highest BCUT2D eigenvalue weighted by molar-refractivity contribution is 14.1. The van der Waals surface area contributed by atoms with Crippen LogP contribution in [0.5, 0.6) is 0 Å². The molecule has 0 saturated heterocycles. The summed E-state index contributed by atoms with van der Waals surface area (Å²) in [5.74, 6) is 0.469. The van der Waals surface area contributed by atoms with Gasteiger partial charge in [0, 0.05) is 27.5 Å². The van der Waals surface area contributed by atoms with Gasteiger partial charge in [-0.05, 0) is 71.3 Å². The van der Waals surface area contributed by atoms with E-state index >= 15 is 0 Å². The number of nitrogens with zero attached hydrogens (tertiary/aromatic N) is 3. The van der Waals surface area contributed by atoms with Crippen LogP contribution in [0.3, 0.4) is 0 Å². The number of halogens is 1. The lowest BCUT2D eigenvalue weighted by molar-refractivity contribution is 1.20. The Morgan fingerprint density at radius 3 is 2.65 bits per heavy atom. The summed E-state index contributed by atoms with van der Waals surface area (Å²) in [6.07, 6.45) is 12.1. The van der Waals surface area contributed by atoms with Crippen LogP contribution in [0.1, 0.15) is 23.7 Å². The van der Waals surface area contributed by atoms with Crippen LogP contribution < -0.4 is 0 Å². The van der Waals surface area contributed by atoms with Gasteiger partial charge in [0.15, 0.2) is 5.65 Å². The molecule has 2 aromatic heterocycles. The van der Waals surface area contributed by atoms with E-state index in [1.165, 1.54) is 20.3 Å². The molecule has 0 fully saturated rings. The Labute approximate surface area is 166 Å². The van der Waals surface area contributed by atoms with Crippen molar-refractivity contribution < 1.29 is 0 Å². The molecule has 1 aliphatic rings. The largest absolute Gasteiger partial charge is 0.251 e. The minimum absolute atomic E-state index is 0.469. The highest BCUT2D eigenvalue weighted by atomic mass is 127. The molecule has 4 rings (SSSR count). The molecule has 0 unspecified atom stereocenters. The number of aromatic nitrogens is 3. The quantitative estimate of drug-likeness (QED) is 0.294. The predicted molar refractivity (Wildman–Crippen MR) is 115 cm³/mol. The number of rotatable bonds is 4. The van der Waals surface area contributed by atoms with Crippen molar-refractivity contribution >= 4 is 44.9 Å². The third-order valence-electron chi connectivity index (χ3n) is 4.50. The third-order valence-corrected chi connectivity index (χ3v) is 5.71. The fourth-order valence-corrected chi connectivity index (χ4v) is 3.18. The molecule has 0 radical (unpaired) electrons. The van der Waals surface area contributed by atoms with Gasteiger partial charge in [-0.3, -0.25) is 4.98 Å². The zero-order valence-electron chi connectivity index (χ0n) is 14.6. The number of hydrogen-bond acceptors (Lipinski definition) is 3. The maximum absolute atomic E-state index is 4.76. The molecule has 1 aromatic carbocycles. The van der Waals surface area contributed by atoms with Crippen LogP contribution in [0.15, 0.2) is 67.0 Å². The molecule has 0 aliphatic heterocycles. The van der Waals surface area contributed by atoms with Crippen molar-refractivity contribution in [2.24, 2.45) is 5.92 Å². The summed E-state index contributed by atoms with van der Waals surface area (Å²) in [5, 5.41) is 0. The fraction of sp³-hybridized carbons (Fsp3) is 0.136. The van der Waals surface area contributed by atoms with Gasteiger partial charge < -0.3 is 0 Å². The maximum Gasteiger partial charge on any atom is 0.178 e. The standard InChI is InChI=1S/C22H18IN3/c1-14-13-17(6-8-19(14)23)15(2)18(7-5-16-3-4-16)20-9-10-21-22(26-20)25-12-11-24-21/h3-13,16H,1-2H3/b7-5-,18-15-. The van der Waals surface area contributed by atoms with Crippen molar-refractivity contribution in [2.45, 2.75) is 13.8 Å². The van der Waals surface area contributed by atoms with Crippen LogP contribution >= 0.6 is 22.6 Å². The van der Waals surface area contributed by atoms with Gasteiger partial charge in [0.2, 0.25) is 0 Å². The van der Waals surface area contributed by atoms with E-state index < -0.39 is 0 Å². The molecule has 0 atom stereocenters. The Morgan fingerprint density at radius 2 is 1.88 bits per heavy atom. The zero-order valence-corrected chi connectivity index (χ0v) is 16.8. The number of aryl methyl sites for hydroxylation is 1. The molecule has 0 bridgehead atoms. The lowest BCUT2D eigenvalue weighted by Gasteiger charge is -2.11. The average molecular weight is 451 g/mol. The molecule has 0 amide bonds. The fourth-order valence-electron chi connectivity index (χ4n) is 2.84. The highest BCUT2D eigenvalue weighted by Crippen LogP contribution is 2.30. The smallest absolute Gasteiger partial charge is 0.178 e. The van der Waals surface area contributed by atoms with Crippen LogP contribution in [0.4, 0.5) is 0 Å². The molecule has 3 aromatic rings. The van der Waals surface area contributed by atoms with Gasteiger partial charge in [-0.15, -0.1) is 0 Å². The van der Waals surface area contributed by atoms with Gasteiger partial charge in [0.25, 0.3) is 0 Å². The van der Waals surface area contributed by atoms with Gasteiger partial charge in [-0.25, -0.2) is 9.97 Å². The van der Waals surface area contributed by atoms with Crippen LogP contribution in [0, 0.1) is 16.4 Å². The molecule has 4 heteroatoms. The lowest BCUT2D eigenvalue weighted by Crippen LogP contribution is -1.95. The topological polar surface area (TPSA) is 38.7 Å².